The van der Waals surface area contributed by atoms with E-state index in [0.29, 0.717) is 37.1 Å². The number of carbonyl (C=O) groups is 2. The topological polar surface area (TPSA) is 46.6 Å². The molecule has 2 aromatic rings. The van der Waals surface area contributed by atoms with Gasteiger partial charge in [0.05, 0.1) is 0 Å². The van der Waals surface area contributed by atoms with Crippen LogP contribution in [0.3, 0.4) is 0 Å². The maximum atomic E-state index is 13.0. The van der Waals surface area contributed by atoms with E-state index >= 15 is 0 Å². The van der Waals surface area contributed by atoms with Crippen LogP contribution in [0, 0.1) is 11.7 Å². The van der Waals surface area contributed by atoms with E-state index in [1.165, 1.54) is 36.4 Å². The SMILES string of the molecule is O=C(c1ccc(OC(F)(F)F)cc1)C1CCN(C(=O)c2ccc(F)cc2)CC1. The molecule has 1 aliphatic rings. The lowest BCUT2D eigenvalue weighted by molar-refractivity contribution is -0.274. The molecule has 1 saturated heterocycles. The standard InChI is InChI=1S/C20H17F4NO3/c21-16-5-1-15(2-6-16)19(27)25-11-9-14(10-12-25)18(26)13-3-7-17(8-4-13)28-20(22,23)24/h1-8,14H,9-12H2. The van der Waals surface area contributed by atoms with Crippen LogP contribution < -0.4 is 4.74 Å². The lowest BCUT2D eigenvalue weighted by atomic mass is 9.88. The monoisotopic (exact) mass is 395 g/mol. The van der Waals surface area contributed by atoms with Crippen molar-refractivity contribution in [2.24, 2.45) is 5.92 Å². The number of nitrogens with zero attached hydrogens (tertiary/aromatic N) is 1. The molecule has 0 saturated carbocycles. The molecule has 0 N–H and O–H groups in total. The van der Waals surface area contributed by atoms with Crippen molar-refractivity contribution >= 4 is 11.7 Å². The zero-order chi connectivity index (χ0) is 20.3. The van der Waals surface area contributed by atoms with Crippen molar-refractivity contribution in [3.63, 3.8) is 0 Å². The highest BCUT2D eigenvalue weighted by Crippen LogP contribution is 2.26. The summed E-state index contributed by atoms with van der Waals surface area (Å²) in [5.74, 6) is -1.52. The van der Waals surface area contributed by atoms with E-state index in [-0.39, 0.29) is 23.4 Å². The average Bonchev–Trinajstić information content (AvgIpc) is 2.67. The van der Waals surface area contributed by atoms with E-state index in [9.17, 15) is 27.2 Å². The number of hydrogen-bond acceptors (Lipinski definition) is 3. The van der Waals surface area contributed by atoms with Gasteiger partial charge in [-0.25, -0.2) is 4.39 Å². The summed E-state index contributed by atoms with van der Waals surface area (Å²) in [5.41, 5.74) is 0.685. The van der Waals surface area contributed by atoms with Gasteiger partial charge in [0, 0.05) is 30.1 Å². The number of ketones is 1. The van der Waals surface area contributed by atoms with E-state index in [1.54, 1.807) is 4.90 Å². The minimum atomic E-state index is -4.78. The molecule has 0 unspecified atom stereocenters. The molecule has 3 rings (SSSR count). The average molecular weight is 395 g/mol. The number of benzene rings is 2. The Morgan fingerprint density at radius 2 is 1.43 bits per heavy atom. The van der Waals surface area contributed by atoms with Gasteiger partial charge in [-0.15, -0.1) is 13.2 Å². The Kier molecular flexibility index (Phi) is 5.67. The van der Waals surface area contributed by atoms with Gasteiger partial charge in [-0.05, 0) is 61.4 Å². The van der Waals surface area contributed by atoms with Crippen molar-refractivity contribution in [3.05, 3.63) is 65.5 Å². The van der Waals surface area contributed by atoms with Crippen LogP contribution in [0.15, 0.2) is 48.5 Å². The molecule has 1 heterocycles. The van der Waals surface area contributed by atoms with Crippen LogP contribution in [0.1, 0.15) is 33.6 Å². The Hall–Kier alpha value is -2.90. The summed E-state index contributed by atoms with van der Waals surface area (Å²) >= 11 is 0. The summed E-state index contributed by atoms with van der Waals surface area (Å²) in [5, 5.41) is 0. The van der Waals surface area contributed by atoms with Crippen LogP contribution in [0.25, 0.3) is 0 Å². The van der Waals surface area contributed by atoms with Crippen molar-refractivity contribution < 1.29 is 31.9 Å². The number of carbonyl (C=O) groups excluding carboxylic acids is 2. The van der Waals surface area contributed by atoms with Crippen LogP contribution in [-0.2, 0) is 0 Å². The molecule has 4 nitrogen and oxygen atoms in total. The minimum absolute atomic E-state index is 0.174. The van der Waals surface area contributed by atoms with E-state index < -0.39 is 12.2 Å². The summed E-state index contributed by atoms with van der Waals surface area (Å²) in [7, 11) is 0. The molecule has 1 amide bonds. The van der Waals surface area contributed by atoms with E-state index in [2.05, 4.69) is 4.74 Å². The largest absolute Gasteiger partial charge is 0.573 e. The first-order chi connectivity index (χ1) is 13.2. The summed E-state index contributed by atoms with van der Waals surface area (Å²) < 4.78 is 53.4. The van der Waals surface area contributed by atoms with Crippen LogP contribution in [0.2, 0.25) is 0 Å². The molecule has 1 aliphatic heterocycles. The number of likely N-dealkylation sites (tertiary alicyclic amines) is 1. The summed E-state index contributed by atoms with van der Waals surface area (Å²) in [6.07, 6.45) is -3.88. The fourth-order valence-electron chi connectivity index (χ4n) is 3.18. The summed E-state index contributed by atoms with van der Waals surface area (Å²) in [6, 6.07) is 10.1. The second-order valence-corrected chi connectivity index (χ2v) is 6.51. The van der Waals surface area contributed by atoms with Crippen LogP contribution >= 0.6 is 0 Å². The van der Waals surface area contributed by atoms with Gasteiger partial charge in [-0.1, -0.05) is 0 Å². The number of halogens is 4. The van der Waals surface area contributed by atoms with Crippen molar-refractivity contribution in [2.45, 2.75) is 19.2 Å². The first kappa shape index (κ1) is 19.9. The maximum Gasteiger partial charge on any atom is 0.573 e. The van der Waals surface area contributed by atoms with Crippen molar-refractivity contribution in [3.8, 4) is 5.75 Å². The first-order valence-electron chi connectivity index (χ1n) is 8.68. The fraction of sp³-hybridized carbons (Fsp3) is 0.300. The lowest BCUT2D eigenvalue weighted by Crippen LogP contribution is -2.40. The second-order valence-electron chi connectivity index (χ2n) is 6.51. The molecule has 8 heteroatoms. The van der Waals surface area contributed by atoms with E-state index in [0.717, 1.165) is 12.1 Å². The van der Waals surface area contributed by atoms with Gasteiger partial charge < -0.3 is 9.64 Å². The Bertz CT molecular complexity index is 839. The highest BCUT2D eigenvalue weighted by atomic mass is 19.4. The summed E-state index contributed by atoms with van der Waals surface area (Å²) in [6.45, 7) is 0.754. The summed E-state index contributed by atoms with van der Waals surface area (Å²) in [4.78, 5) is 26.6. The molecular weight excluding hydrogens is 378 g/mol. The minimum Gasteiger partial charge on any atom is -0.406 e. The molecule has 28 heavy (non-hydrogen) atoms. The van der Waals surface area contributed by atoms with E-state index in [4.69, 9.17) is 0 Å². The van der Waals surface area contributed by atoms with Crippen LogP contribution in [-0.4, -0.2) is 36.0 Å². The molecule has 0 atom stereocenters. The highest BCUT2D eigenvalue weighted by Gasteiger charge is 2.31. The smallest absolute Gasteiger partial charge is 0.406 e. The quantitative estimate of drug-likeness (QED) is 0.567. The predicted molar refractivity (Wildman–Crippen MR) is 92.5 cm³/mol. The normalized spacial score (nSPS) is 15.4. The van der Waals surface area contributed by atoms with Gasteiger partial charge >= 0.3 is 6.36 Å². The fourth-order valence-corrected chi connectivity index (χ4v) is 3.18. The molecule has 0 aliphatic carbocycles. The number of piperidine rings is 1. The third-order valence-electron chi connectivity index (χ3n) is 4.62. The van der Waals surface area contributed by atoms with Crippen LogP contribution in [0.5, 0.6) is 5.75 Å². The Labute approximate surface area is 158 Å². The molecule has 0 radical (unpaired) electrons. The number of hydrogen-bond donors (Lipinski definition) is 0. The van der Waals surface area contributed by atoms with Crippen molar-refractivity contribution in [1.82, 2.24) is 4.90 Å². The number of Topliss-reactive ketones (excluding diaryl/α,β-unsaturated/α-hetero) is 1. The van der Waals surface area contributed by atoms with Gasteiger partial charge in [0.1, 0.15) is 11.6 Å². The Balaban J connectivity index is 1.57. The molecule has 0 bridgehead atoms. The lowest BCUT2D eigenvalue weighted by Gasteiger charge is -2.31. The first-order valence-corrected chi connectivity index (χ1v) is 8.68. The molecule has 0 spiro atoms. The zero-order valence-electron chi connectivity index (χ0n) is 14.7. The zero-order valence-corrected chi connectivity index (χ0v) is 14.7. The van der Waals surface area contributed by atoms with Gasteiger partial charge in [0.25, 0.3) is 5.91 Å². The second kappa shape index (κ2) is 8.00. The molecule has 0 aromatic heterocycles. The predicted octanol–water partition coefficient (Wildman–Crippen LogP) is 4.46. The molecule has 148 valence electrons. The number of rotatable bonds is 4. The number of ether oxygens (including phenoxy) is 1. The molecule has 1 fully saturated rings. The Morgan fingerprint density at radius 3 is 1.96 bits per heavy atom. The van der Waals surface area contributed by atoms with Crippen molar-refractivity contribution in [2.75, 3.05) is 13.1 Å². The van der Waals surface area contributed by atoms with Gasteiger partial charge in [-0.3, -0.25) is 9.59 Å². The van der Waals surface area contributed by atoms with Crippen LogP contribution in [0.4, 0.5) is 17.6 Å². The highest BCUT2D eigenvalue weighted by molar-refractivity contribution is 5.98. The van der Waals surface area contributed by atoms with Gasteiger partial charge in [-0.2, -0.15) is 0 Å². The third-order valence-corrected chi connectivity index (χ3v) is 4.62. The maximum absolute atomic E-state index is 13.0. The van der Waals surface area contributed by atoms with E-state index in [1.807, 2.05) is 0 Å². The van der Waals surface area contributed by atoms with Crippen molar-refractivity contribution in [1.29, 1.82) is 0 Å². The van der Waals surface area contributed by atoms with Gasteiger partial charge in [0.2, 0.25) is 0 Å². The molecular formula is C20H17F4NO3. The number of amides is 1. The number of alkyl halides is 3. The van der Waals surface area contributed by atoms with Gasteiger partial charge in [0.15, 0.2) is 5.78 Å². The Morgan fingerprint density at radius 1 is 0.893 bits per heavy atom. The molecule has 2 aromatic carbocycles. The third kappa shape index (κ3) is 4.88.